The zero-order chi connectivity index (χ0) is 12.3. The van der Waals surface area contributed by atoms with E-state index >= 15 is 0 Å². The van der Waals surface area contributed by atoms with Crippen molar-refractivity contribution < 1.29 is 5.11 Å². The summed E-state index contributed by atoms with van der Waals surface area (Å²) in [5.41, 5.74) is 3.68. The van der Waals surface area contributed by atoms with E-state index < -0.39 is 0 Å². The molecule has 0 fully saturated rings. The number of phenols is 1. The maximum absolute atomic E-state index is 8.96. The largest absolute Gasteiger partial charge is 0.508 e. The third-order valence-electron chi connectivity index (χ3n) is 2.39. The predicted molar refractivity (Wildman–Crippen MR) is 66.2 cm³/mol. The fourth-order valence-corrected chi connectivity index (χ4v) is 1.42. The second-order valence-electron chi connectivity index (χ2n) is 3.57. The molecule has 0 amide bonds. The summed E-state index contributed by atoms with van der Waals surface area (Å²) in [5.74, 6) is 2.39. The molecule has 2 aliphatic carbocycles. The molecule has 0 atom stereocenters. The zero-order valence-corrected chi connectivity index (χ0v) is 9.01. The number of benzene rings is 2. The van der Waals surface area contributed by atoms with Gasteiger partial charge in [0.05, 0.1) is 5.56 Å². The number of rotatable bonds is 0. The minimum atomic E-state index is 0.0805. The van der Waals surface area contributed by atoms with Crippen LogP contribution in [0, 0.1) is 23.7 Å². The molecule has 2 nitrogen and oxygen atoms in total. The molecule has 1 aromatic carbocycles. The van der Waals surface area contributed by atoms with Crippen LogP contribution in [0.1, 0.15) is 11.1 Å². The van der Waals surface area contributed by atoms with Crippen molar-refractivity contribution in [2.24, 2.45) is 0 Å². The van der Waals surface area contributed by atoms with E-state index in [0.29, 0.717) is 11.1 Å². The van der Waals surface area contributed by atoms with Gasteiger partial charge < -0.3 is 5.11 Å². The molecule has 0 aliphatic heterocycles. The predicted octanol–water partition coefficient (Wildman–Crippen LogP) is 2.91. The van der Waals surface area contributed by atoms with Crippen LogP contribution in [0.15, 0.2) is 42.5 Å². The van der Waals surface area contributed by atoms with Crippen LogP contribution in [-0.2, 0) is 0 Å². The van der Waals surface area contributed by atoms with Gasteiger partial charge in [0.1, 0.15) is 11.8 Å². The lowest BCUT2D eigenvalue weighted by Crippen LogP contribution is -1.81. The summed E-state index contributed by atoms with van der Waals surface area (Å²) in [7, 11) is 0. The molecule has 0 heterocycles. The van der Waals surface area contributed by atoms with Crippen LogP contribution in [0.3, 0.4) is 0 Å². The van der Waals surface area contributed by atoms with Crippen LogP contribution < -0.4 is 0 Å². The van der Waals surface area contributed by atoms with Crippen molar-refractivity contribution >= 4 is 0 Å². The van der Waals surface area contributed by atoms with Crippen LogP contribution in [0.25, 0.3) is 11.1 Å². The molecule has 80 valence electrons. The van der Waals surface area contributed by atoms with Crippen LogP contribution in [0.2, 0.25) is 0 Å². The van der Waals surface area contributed by atoms with Gasteiger partial charge in [-0.25, -0.2) is 0 Å². The molecule has 0 spiro atoms. The first-order valence-electron chi connectivity index (χ1n) is 5.05. The zero-order valence-electron chi connectivity index (χ0n) is 9.01. The van der Waals surface area contributed by atoms with E-state index in [2.05, 4.69) is 30.2 Å². The van der Waals surface area contributed by atoms with Crippen molar-refractivity contribution in [1.82, 2.24) is 0 Å². The van der Waals surface area contributed by atoms with Crippen molar-refractivity contribution in [3.8, 4) is 35.3 Å². The summed E-state index contributed by atoms with van der Waals surface area (Å²) in [4.78, 5) is 0. The Morgan fingerprint density at radius 1 is 1.00 bits per heavy atom. The van der Waals surface area contributed by atoms with Crippen LogP contribution >= 0.6 is 0 Å². The van der Waals surface area contributed by atoms with Gasteiger partial charge >= 0.3 is 0 Å². The fourth-order valence-electron chi connectivity index (χ4n) is 1.42. The van der Waals surface area contributed by atoms with Gasteiger partial charge in [-0.05, 0) is 35.4 Å². The van der Waals surface area contributed by atoms with Crippen molar-refractivity contribution in [2.75, 3.05) is 0 Å². The van der Waals surface area contributed by atoms with E-state index in [4.69, 9.17) is 16.8 Å². The van der Waals surface area contributed by atoms with E-state index in [1.165, 1.54) is 29.3 Å². The van der Waals surface area contributed by atoms with Gasteiger partial charge in [0.15, 0.2) is 0 Å². The van der Waals surface area contributed by atoms with E-state index in [9.17, 15) is 0 Å². The van der Waals surface area contributed by atoms with Gasteiger partial charge in [-0.2, -0.15) is 5.26 Å². The molecule has 2 aliphatic rings. The lowest BCUT2D eigenvalue weighted by atomic mass is 10.1. The first-order valence-corrected chi connectivity index (χ1v) is 5.05. The summed E-state index contributed by atoms with van der Waals surface area (Å²) in [6.07, 6.45) is 5.08. The quantitative estimate of drug-likeness (QED) is 0.591. The minimum Gasteiger partial charge on any atom is -0.508 e. The molecule has 2 heteroatoms. The first kappa shape index (κ1) is 10.8. The van der Waals surface area contributed by atoms with Crippen LogP contribution in [0.5, 0.6) is 5.75 Å². The van der Waals surface area contributed by atoms with E-state index in [1.807, 2.05) is 6.07 Å². The van der Waals surface area contributed by atoms with Gasteiger partial charge in [-0.1, -0.05) is 24.1 Å². The highest BCUT2D eigenvalue weighted by atomic mass is 16.3. The van der Waals surface area contributed by atoms with Gasteiger partial charge in [-0.15, -0.1) is 6.42 Å². The lowest BCUT2D eigenvalue weighted by molar-refractivity contribution is 0.475. The Balaban J connectivity index is 0.000000148. The Bertz CT molecular complexity index is 627. The third-order valence-corrected chi connectivity index (χ3v) is 2.39. The number of hydrogen-bond acceptors (Lipinski definition) is 2. The van der Waals surface area contributed by atoms with Gasteiger partial charge in [0, 0.05) is 5.56 Å². The first-order chi connectivity index (χ1) is 8.24. The van der Waals surface area contributed by atoms with Crippen molar-refractivity contribution in [2.45, 2.75) is 0 Å². The average molecular weight is 219 g/mol. The van der Waals surface area contributed by atoms with E-state index in [-0.39, 0.29) is 5.75 Å². The van der Waals surface area contributed by atoms with E-state index in [0.717, 1.165) is 0 Å². The molecular formula is C15H9NO. The molecule has 0 radical (unpaired) electrons. The van der Waals surface area contributed by atoms with Crippen molar-refractivity contribution in [3.05, 3.63) is 53.6 Å². The SMILES string of the molecule is C#Cc1cc(O)ccc1C#N.c1cc2cc-2c1. The molecule has 0 bridgehead atoms. The molecule has 1 N–H and O–H groups in total. The Kier molecular flexibility index (Phi) is 2.81. The molecular weight excluding hydrogens is 210 g/mol. The monoisotopic (exact) mass is 219 g/mol. The average Bonchev–Trinajstić information content (AvgIpc) is 2.96. The Morgan fingerprint density at radius 3 is 2.12 bits per heavy atom. The fraction of sp³-hybridized carbons (Fsp3) is 0. The molecule has 0 saturated carbocycles. The number of terminal acetylenes is 1. The summed E-state index contributed by atoms with van der Waals surface area (Å²) < 4.78 is 0. The molecule has 0 unspecified atom stereocenters. The normalized spacial score (nSPS) is 9.29. The number of hydrogen-bond donors (Lipinski definition) is 1. The summed E-state index contributed by atoms with van der Waals surface area (Å²) in [6, 6.07) is 14.7. The Hall–Kier alpha value is -2.71. The third kappa shape index (κ3) is 2.45. The summed E-state index contributed by atoms with van der Waals surface area (Å²) in [6.45, 7) is 0. The highest BCUT2D eigenvalue weighted by Crippen LogP contribution is 2.32. The molecule has 17 heavy (non-hydrogen) atoms. The standard InChI is InChI=1S/C9H5NO.C6H4/c1-2-7-5-9(11)4-3-8(7)6-10;1-2-5-4-6(5)3-1/h1,3-5,11H;1-4H. The molecule has 0 aromatic heterocycles. The Morgan fingerprint density at radius 2 is 1.71 bits per heavy atom. The van der Waals surface area contributed by atoms with Crippen molar-refractivity contribution in [1.29, 1.82) is 5.26 Å². The topological polar surface area (TPSA) is 44.0 Å². The summed E-state index contributed by atoms with van der Waals surface area (Å²) in [5, 5.41) is 17.5. The Labute approximate surface area is 99.8 Å². The smallest absolute Gasteiger partial charge is 0.116 e. The van der Waals surface area contributed by atoms with Gasteiger partial charge in [0.2, 0.25) is 0 Å². The van der Waals surface area contributed by atoms with E-state index in [1.54, 1.807) is 0 Å². The molecule has 3 rings (SSSR count). The van der Waals surface area contributed by atoms with Crippen LogP contribution in [0.4, 0.5) is 0 Å². The lowest BCUT2D eigenvalue weighted by Gasteiger charge is -1.94. The van der Waals surface area contributed by atoms with Gasteiger partial charge in [0.25, 0.3) is 0 Å². The maximum atomic E-state index is 8.96. The summed E-state index contributed by atoms with van der Waals surface area (Å²) >= 11 is 0. The maximum Gasteiger partial charge on any atom is 0.116 e. The second kappa shape index (κ2) is 4.43. The highest BCUT2D eigenvalue weighted by molar-refractivity contribution is 5.80. The van der Waals surface area contributed by atoms with Crippen molar-refractivity contribution in [3.63, 3.8) is 0 Å². The number of phenolic OH excluding ortho intramolecular Hbond substituents is 1. The second-order valence-corrected chi connectivity index (χ2v) is 3.57. The van der Waals surface area contributed by atoms with Crippen LogP contribution in [-0.4, -0.2) is 5.11 Å². The number of fused-ring (bicyclic) bond motifs is 1. The number of aromatic hydroxyl groups is 1. The highest BCUT2D eigenvalue weighted by Gasteiger charge is 2.06. The number of nitriles is 1. The molecule has 1 aromatic rings. The van der Waals surface area contributed by atoms with Gasteiger partial charge in [-0.3, -0.25) is 0 Å². The molecule has 0 saturated heterocycles. The minimum absolute atomic E-state index is 0.0805. The number of nitrogens with zero attached hydrogens (tertiary/aromatic N) is 1.